The van der Waals surface area contributed by atoms with Crippen molar-refractivity contribution in [1.82, 2.24) is 0 Å². The minimum absolute atomic E-state index is 0.137. The van der Waals surface area contributed by atoms with Crippen molar-refractivity contribution in [3.05, 3.63) is 29.8 Å². The van der Waals surface area contributed by atoms with Crippen LogP contribution in [0.1, 0.15) is 77.2 Å². The summed E-state index contributed by atoms with van der Waals surface area (Å²) in [5, 5.41) is 2.97. The zero-order chi connectivity index (χ0) is 14.8. The summed E-state index contributed by atoms with van der Waals surface area (Å²) in [4.78, 5) is 11.8. The summed E-state index contributed by atoms with van der Waals surface area (Å²) in [6.07, 6.45) is 7.94. The van der Waals surface area contributed by atoms with Gasteiger partial charge in [0, 0.05) is 12.1 Å². The van der Waals surface area contributed by atoms with E-state index in [0.717, 1.165) is 12.1 Å². The maximum atomic E-state index is 11.8. The second-order valence-corrected chi connectivity index (χ2v) is 5.84. The van der Waals surface area contributed by atoms with Gasteiger partial charge in [-0.2, -0.15) is 0 Å². The van der Waals surface area contributed by atoms with E-state index in [1.807, 2.05) is 12.1 Å². The minimum Gasteiger partial charge on any atom is -0.326 e. The standard InChI is InChI=1S/C18H29NO/c1-4-5-6-7-8-9-10-18(20)19-17-13-11-16(12-14-17)15(2)3/h11-15H,4-10H2,1-3H3,(H,19,20). The van der Waals surface area contributed by atoms with Crippen molar-refractivity contribution < 1.29 is 4.79 Å². The Balaban J connectivity index is 2.21. The smallest absolute Gasteiger partial charge is 0.224 e. The molecular formula is C18H29NO. The van der Waals surface area contributed by atoms with Crippen LogP contribution in [0.3, 0.4) is 0 Å². The Morgan fingerprint density at radius 2 is 1.60 bits per heavy atom. The van der Waals surface area contributed by atoms with Crippen molar-refractivity contribution in [2.24, 2.45) is 0 Å². The number of unbranched alkanes of at least 4 members (excludes halogenated alkanes) is 5. The molecule has 1 aromatic rings. The first-order valence-electron chi connectivity index (χ1n) is 8.03. The van der Waals surface area contributed by atoms with E-state index in [1.165, 1.54) is 37.7 Å². The van der Waals surface area contributed by atoms with E-state index in [9.17, 15) is 4.79 Å². The highest BCUT2D eigenvalue weighted by molar-refractivity contribution is 5.90. The lowest BCUT2D eigenvalue weighted by atomic mass is 10.0. The summed E-state index contributed by atoms with van der Waals surface area (Å²) in [5.41, 5.74) is 2.21. The van der Waals surface area contributed by atoms with Crippen LogP contribution < -0.4 is 5.32 Å². The lowest BCUT2D eigenvalue weighted by Gasteiger charge is -2.08. The Kier molecular flexibility index (Phi) is 8.01. The number of carbonyl (C=O) groups excluding carboxylic acids is 1. The fraction of sp³-hybridized carbons (Fsp3) is 0.611. The number of hydrogen-bond donors (Lipinski definition) is 1. The molecule has 1 amide bonds. The first-order chi connectivity index (χ1) is 9.63. The van der Waals surface area contributed by atoms with Gasteiger partial charge in [0.1, 0.15) is 0 Å². The largest absolute Gasteiger partial charge is 0.326 e. The Bertz CT molecular complexity index is 381. The average Bonchev–Trinajstić information content (AvgIpc) is 2.43. The molecule has 0 aliphatic heterocycles. The van der Waals surface area contributed by atoms with Gasteiger partial charge in [0.25, 0.3) is 0 Å². The second-order valence-electron chi connectivity index (χ2n) is 5.84. The van der Waals surface area contributed by atoms with Crippen LogP contribution in [0.15, 0.2) is 24.3 Å². The van der Waals surface area contributed by atoms with Crippen LogP contribution in [-0.2, 0) is 4.79 Å². The maximum Gasteiger partial charge on any atom is 0.224 e. The molecule has 2 nitrogen and oxygen atoms in total. The minimum atomic E-state index is 0.137. The number of hydrogen-bond acceptors (Lipinski definition) is 1. The van der Waals surface area contributed by atoms with Crippen molar-refractivity contribution in [3.8, 4) is 0 Å². The topological polar surface area (TPSA) is 29.1 Å². The molecule has 0 aliphatic carbocycles. The highest BCUT2D eigenvalue weighted by Crippen LogP contribution is 2.17. The molecule has 0 fully saturated rings. The Morgan fingerprint density at radius 3 is 2.20 bits per heavy atom. The SMILES string of the molecule is CCCCCCCCC(=O)Nc1ccc(C(C)C)cc1. The lowest BCUT2D eigenvalue weighted by molar-refractivity contribution is -0.116. The van der Waals surface area contributed by atoms with E-state index in [0.29, 0.717) is 12.3 Å². The van der Waals surface area contributed by atoms with Crippen molar-refractivity contribution in [2.45, 2.75) is 71.6 Å². The van der Waals surface area contributed by atoms with E-state index in [2.05, 4.69) is 38.2 Å². The van der Waals surface area contributed by atoms with Gasteiger partial charge in [0.05, 0.1) is 0 Å². The molecule has 1 rings (SSSR count). The third kappa shape index (κ3) is 6.74. The molecule has 0 spiro atoms. The van der Waals surface area contributed by atoms with Crippen molar-refractivity contribution >= 4 is 11.6 Å². The summed E-state index contributed by atoms with van der Waals surface area (Å²) in [7, 11) is 0. The lowest BCUT2D eigenvalue weighted by Crippen LogP contribution is -2.11. The molecule has 0 saturated heterocycles. The first kappa shape index (κ1) is 16.7. The molecule has 1 aromatic carbocycles. The molecule has 0 saturated carbocycles. The van der Waals surface area contributed by atoms with Crippen molar-refractivity contribution in [2.75, 3.05) is 5.32 Å². The second kappa shape index (κ2) is 9.57. The Labute approximate surface area is 124 Å². The Hall–Kier alpha value is -1.31. The number of benzene rings is 1. The maximum absolute atomic E-state index is 11.8. The number of carbonyl (C=O) groups is 1. The summed E-state index contributed by atoms with van der Waals surface area (Å²) in [6.45, 7) is 6.57. The van der Waals surface area contributed by atoms with Crippen LogP contribution in [0.5, 0.6) is 0 Å². The molecule has 0 radical (unpaired) electrons. The number of anilines is 1. The number of nitrogens with one attached hydrogen (secondary N) is 1. The van der Waals surface area contributed by atoms with Crippen molar-refractivity contribution in [1.29, 1.82) is 0 Å². The predicted octanol–water partition coefficient (Wildman–Crippen LogP) is 5.50. The van der Waals surface area contributed by atoms with Gasteiger partial charge in [0.15, 0.2) is 0 Å². The highest BCUT2D eigenvalue weighted by Gasteiger charge is 2.03. The third-order valence-electron chi connectivity index (χ3n) is 3.62. The summed E-state index contributed by atoms with van der Waals surface area (Å²) in [6, 6.07) is 8.17. The predicted molar refractivity (Wildman–Crippen MR) is 87.2 cm³/mol. The van der Waals surface area contributed by atoms with Gasteiger partial charge in [0.2, 0.25) is 5.91 Å². The van der Waals surface area contributed by atoms with E-state index >= 15 is 0 Å². The zero-order valence-corrected chi connectivity index (χ0v) is 13.2. The number of rotatable bonds is 9. The molecule has 0 atom stereocenters. The molecule has 0 aliphatic rings. The molecule has 1 N–H and O–H groups in total. The molecule has 0 aromatic heterocycles. The fourth-order valence-corrected chi connectivity index (χ4v) is 2.24. The molecular weight excluding hydrogens is 246 g/mol. The van der Waals surface area contributed by atoms with E-state index in [1.54, 1.807) is 0 Å². The quantitative estimate of drug-likeness (QED) is 0.592. The molecule has 112 valence electrons. The van der Waals surface area contributed by atoms with Crippen LogP contribution >= 0.6 is 0 Å². The van der Waals surface area contributed by atoms with E-state index < -0.39 is 0 Å². The highest BCUT2D eigenvalue weighted by atomic mass is 16.1. The van der Waals surface area contributed by atoms with E-state index in [4.69, 9.17) is 0 Å². The zero-order valence-electron chi connectivity index (χ0n) is 13.2. The van der Waals surface area contributed by atoms with Crippen LogP contribution in [0.4, 0.5) is 5.69 Å². The molecule has 0 unspecified atom stereocenters. The molecule has 2 heteroatoms. The molecule has 0 bridgehead atoms. The van der Waals surface area contributed by atoms with E-state index in [-0.39, 0.29) is 5.91 Å². The monoisotopic (exact) mass is 275 g/mol. The van der Waals surface area contributed by atoms with Crippen LogP contribution in [0.25, 0.3) is 0 Å². The van der Waals surface area contributed by atoms with Gasteiger partial charge in [-0.3, -0.25) is 4.79 Å². The van der Waals surface area contributed by atoms with Crippen molar-refractivity contribution in [3.63, 3.8) is 0 Å². The number of amides is 1. The van der Waals surface area contributed by atoms with Gasteiger partial charge in [-0.05, 0) is 30.0 Å². The summed E-state index contributed by atoms with van der Waals surface area (Å²) < 4.78 is 0. The van der Waals surface area contributed by atoms with Gasteiger partial charge >= 0.3 is 0 Å². The molecule has 20 heavy (non-hydrogen) atoms. The van der Waals surface area contributed by atoms with Gasteiger partial charge in [-0.15, -0.1) is 0 Å². The summed E-state index contributed by atoms with van der Waals surface area (Å²) in [5.74, 6) is 0.667. The van der Waals surface area contributed by atoms with Gasteiger partial charge in [-0.25, -0.2) is 0 Å². The fourth-order valence-electron chi connectivity index (χ4n) is 2.24. The molecule has 0 heterocycles. The average molecular weight is 275 g/mol. The Morgan fingerprint density at radius 1 is 1.00 bits per heavy atom. The third-order valence-corrected chi connectivity index (χ3v) is 3.62. The van der Waals surface area contributed by atoms with Gasteiger partial charge in [-0.1, -0.05) is 65.0 Å². The van der Waals surface area contributed by atoms with Crippen LogP contribution in [0, 0.1) is 0 Å². The summed E-state index contributed by atoms with van der Waals surface area (Å²) >= 11 is 0. The van der Waals surface area contributed by atoms with Crippen LogP contribution in [0.2, 0.25) is 0 Å². The van der Waals surface area contributed by atoms with Gasteiger partial charge < -0.3 is 5.32 Å². The first-order valence-corrected chi connectivity index (χ1v) is 8.03. The van der Waals surface area contributed by atoms with Crippen LogP contribution in [-0.4, -0.2) is 5.91 Å². The normalized spacial score (nSPS) is 10.8.